The Morgan fingerprint density at radius 1 is 1.12 bits per heavy atom. The van der Waals surface area contributed by atoms with Crippen molar-refractivity contribution in [3.8, 4) is 5.75 Å². The van der Waals surface area contributed by atoms with E-state index in [9.17, 15) is 9.59 Å². The van der Waals surface area contributed by atoms with Gasteiger partial charge in [-0.3, -0.25) is 4.79 Å². The summed E-state index contributed by atoms with van der Waals surface area (Å²) in [6.07, 6.45) is 0.985. The highest BCUT2D eigenvalue weighted by atomic mass is 16.6. The van der Waals surface area contributed by atoms with Crippen LogP contribution >= 0.6 is 0 Å². The maximum absolute atomic E-state index is 13.7. The third-order valence-corrected chi connectivity index (χ3v) is 6.37. The highest BCUT2D eigenvalue weighted by Gasteiger charge is 2.47. The van der Waals surface area contributed by atoms with Crippen molar-refractivity contribution in [2.45, 2.75) is 71.1 Å². The quantitative estimate of drug-likeness (QED) is 0.556. The first-order valence-corrected chi connectivity index (χ1v) is 12.0. The summed E-state index contributed by atoms with van der Waals surface area (Å²) in [7, 11) is 1.65. The molecule has 34 heavy (non-hydrogen) atoms. The molecule has 0 bridgehead atoms. The van der Waals surface area contributed by atoms with Crippen molar-refractivity contribution >= 4 is 12.0 Å². The van der Waals surface area contributed by atoms with Crippen LogP contribution in [-0.2, 0) is 16.1 Å². The number of amides is 2. The topological polar surface area (TPSA) is 67.9 Å². The Balaban J connectivity index is 1.76. The van der Waals surface area contributed by atoms with Crippen molar-refractivity contribution in [1.29, 1.82) is 0 Å². The van der Waals surface area contributed by atoms with E-state index in [0.29, 0.717) is 19.5 Å². The Hall–Kier alpha value is -3.02. The zero-order chi connectivity index (χ0) is 24.9. The fraction of sp³-hybridized carbons (Fsp3) is 0.500. The molecule has 2 aromatic carbocycles. The number of likely N-dealkylation sites (tertiary alicyclic amines) is 1. The summed E-state index contributed by atoms with van der Waals surface area (Å²) in [5, 5.41) is 2.86. The minimum atomic E-state index is -0.545. The predicted octanol–water partition coefficient (Wildman–Crippen LogP) is 5.52. The molecule has 1 heterocycles. The maximum Gasteiger partial charge on any atom is 0.407 e. The third-order valence-electron chi connectivity index (χ3n) is 6.37. The van der Waals surface area contributed by atoms with Crippen LogP contribution in [0.3, 0.4) is 0 Å². The number of carbonyl (C=O) groups excluding carboxylic acids is 2. The molecule has 1 aliphatic heterocycles. The lowest BCUT2D eigenvalue weighted by Crippen LogP contribution is -2.40. The molecule has 6 nitrogen and oxygen atoms in total. The predicted molar refractivity (Wildman–Crippen MR) is 134 cm³/mol. The van der Waals surface area contributed by atoms with Crippen LogP contribution in [0.4, 0.5) is 4.79 Å². The molecular weight excluding hydrogens is 428 g/mol. The zero-order valence-corrected chi connectivity index (χ0v) is 21.3. The average molecular weight is 467 g/mol. The van der Waals surface area contributed by atoms with Gasteiger partial charge < -0.3 is 19.7 Å². The van der Waals surface area contributed by atoms with Gasteiger partial charge in [0.1, 0.15) is 11.4 Å². The van der Waals surface area contributed by atoms with Gasteiger partial charge in [-0.25, -0.2) is 4.79 Å². The summed E-state index contributed by atoms with van der Waals surface area (Å²) in [6.45, 7) is 10.8. The first kappa shape index (κ1) is 25.6. The number of benzene rings is 2. The van der Waals surface area contributed by atoms with Gasteiger partial charge >= 0.3 is 6.09 Å². The second kappa shape index (κ2) is 10.5. The number of nitrogens with one attached hydrogen (secondary N) is 1. The van der Waals surface area contributed by atoms with Crippen molar-refractivity contribution in [2.75, 3.05) is 13.7 Å². The van der Waals surface area contributed by atoms with Crippen LogP contribution in [0.2, 0.25) is 0 Å². The van der Waals surface area contributed by atoms with E-state index in [-0.39, 0.29) is 23.3 Å². The molecule has 2 amide bonds. The van der Waals surface area contributed by atoms with Crippen LogP contribution in [0.15, 0.2) is 54.6 Å². The van der Waals surface area contributed by atoms with Gasteiger partial charge in [0.25, 0.3) is 0 Å². The van der Waals surface area contributed by atoms with E-state index < -0.39 is 11.7 Å². The smallest absolute Gasteiger partial charge is 0.407 e. The molecule has 6 heteroatoms. The number of methoxy groups -OCH3 is 1. The molecule has 1 fully saturated rings. The number of nitrogens with zero attached hydrogens (tertiary/aromatic N) is 1. The summed E-state index contributed by atoms with van der Waals surface area (Å²) in [4.78, 5) is 27.9. The molecule has 0 radical (unpaired) electrons. The molecule has 0 aliphatic carbocycles. The lowest BCUT2D eigenvalue weighted by atomic mass is 9.80. The van der Waals surface area contributed by atoms with Crippen molar-refractivity contribution in [2.24, 2.45) is 5.92 Å². The normalized spacial score (nSPS) is 18.5. The van der Waals surface area contributed by atoms with Crippen molar-refractivity contribution in [3.63, 3.8) is 0 Å². The summed E-state index contributed by atoms with van der Waals surface area (Å²) >= 11 is 0. The maximum atomic E-state index is 13.7. The lowest BCUT2D eigenvalue weighted by molar-refractivity contribution is -0.134. The summed E-state index contributed by atoms with van der Waals surface area (Å²) < 4.78 is 10.6. The van der Waals surface area contributed by atoms with Crippen LogP contribution < -0.4 is 10.1 Å². The standard InChI is InChI=1S/C28H38N2O4/c1-27(2,3)34-26(32)29-17-16-23(21-10-8-7-9-11-21)24-18-28(4,5)30(25(24)31)19-20-12-14-22(33-6)15-13-20/h7-15,23-24H,16-19H2,1-6H3,(H,29,32)/t23?,24-/m0/s1. The van der Waals surface area contributed by atoms with E-state index in [1.807, 2.05) is 68.1 Å². The van der Waals surface area contributed by atoms with Crippen LogP contribution in [0.1, 0.15) is 64.5 Å². The number of rotatable bonds is 8. The van der Waals surface area contributed by atoms with E-state index in [2.05, 4.69) is 31.3 Å². The Bertz CT molecular complexity index is 964. The van der Waals surface area contributed by atoms with Gasteiger partial charge in [-0.2, -0.15) is 0 Å². The number of hydrogen-bond acceptors (Lipinski definition) is 4. The summed E-state index contributed by atoms with van der Waals surface area (Å²) in [6, 6.07) is 18.0. The second-order valence-corrected chi connectivity index (χ2v) is 10.6. The number of ether oxygens (including phenoxy) is 2. The molecule has 3 rings (SSSR count). The van der Waals surface area contributed by atoms with E-state index in [1.165, 1.54) is 0 Å². The Morgan fingerprint density at radius 3 is 2.35 bits per heavy atom. The highest BCUT2D eigenvalue weighted by molar-refractivity contribution is 5.83. The minimum Gasteiger partial charge on any atom is -0.497 e. The van der Waals surface area contributed by atoms with Crippen LogP contribution in [-0.4, -0.2) is 41.7 Å². The van der Waals surface area contributed by atoms with Gasteiger partial charge in [-0.15, -0.1) is 0 Å². The molecule has 0 aromatic heterocycles. The molecule has 0 saturated carbocycles. The van der Waals surface area contributed by atoms with Gasteiger partial charge in [0.2, 0.25) is 5.91 Å². The van der Waals surface area contributed by atoms with E-state index in [4.69, 9.17) is 9.47 Å². The van der Waals surface area contributed by atoms with Crippen molar-refractivity contribution in [1.82, 2.24) is 10.2 Å². The average Bonchev–Trinajstić information content (AvgIpc) is 3.00. The highest BCUT2D eigenvalue weighted by Crippen LogP contribution is 2.43. The molecule has 0 spiro atoms. The number of hydrogen-bond donors (Lipinski definition) is 1. The number of carbonyl (C=O) groups is 2. The summed E-state index contributed by atoms with van der Waals surface area (Å²) in [5.74, 6) is 0.807. The lowest BCUT2D eigenvalue weighted by Gasteiger charge is -2.31. The monoisotopic (exact) mass is 466 g/mol. The third kappa shape index (κ3) is 6.52. The largest absolute Gasteiger partial charge is 0.497 e. The fourth-order valence-electron chi connectivity index (χ4n) is 4.70. The van der Waals surface area contributed by atoms with Gasteiger partial charge in [-0.1, -0.05) is 42.5 Å². The second-order valence-electron chi connectivity index (χ2n) is 10.6. The fourth-order valence-corrected chi connectivity index (χ4v) is 4.70. The zero-order valence-electron chi connectivity index (χ0n) is 21.3. The first-order chi connectivity index (χ1) is 16.0. The van der Waals surface area contributed by atoms with E-state index in [0.717, 1.165) is 23.3 Å². The molecule has 1 N–H and O–H groups in total. The Labute approximate surface area is 203 Å². The molecule has 2 atom stereocenters. The van der Waals surface area contributed by atoms with Gasteiger partial charge in [-0.05, 0) is 76.6 Å². The van der Waals surface area contributed by atoms with Crippen LogP contribution in [0, 0.1) is 5.92 Å². The number of alkyl carbamates (subject to hydrolysis) is 1. The van der Waals surface area contributed by atoms with Gasteiger partial charge in [0, 0.05) is 24.5 Å². The summed E-state index contributed by atoms with van der Waals surface area (Å²) in [5.41, 5.74) is 1.38. The van der Waals surface area contributed by atoms with Crippen LogP contribution in [0.5, 0.6) is 5.75 Å². The molecule has 1 unspecified atom stereocenters. The van der Waals surface area contributed by atoms with Crippen LogP contribution in [0.25, 0.3) is 0 Å². The molecule has 184 valence electrons. The molecule has 2 aromatic rings. The minimum absolute atomic E-state index is 0.00350. The first-order valence-electron chi connectivity index (χ1n) is 12.0. The Kier molecular flexibility index (Phi) is 7.90. The van der Waals surface area contributed by atoms with Crippen molar-refractivity contribution < 1.29 is 19.1 Å². The Morgan fingerprint density at radius 2 is 1.76 bits per heavy atom. The SMILES string of the molecule is COc1ccc(CN2C(=O)[C@H](C(CCNC(=O)OC(C)(C)C)c3ccccc3)CC2(C)C)cc1. The van der Waals surface area contributed by atoms with Crippen molar-refractivity contribution in [3.05, 3.63) is 65.7 Å². The molecular formula is C28H38N2O4. The van der Waals surface area contributed by atoms with E-state index >= 15 is 0 Å². The molecule has 1 aliphatic rings. The van der Waals surface area contributed by atoms with Gasteiger partial charge in [0.15, 0.2) is 0 Å². The van der Waals surface area contributed by atoms with E-state index in [1.54, 1.807) is 7.11 Å². The van der Waals surface area contributed by atoms with Gasteiger partial charge in [0.05, 0.1) is 7.11 Å². The molecule has 1 saturated heterocycles.